The van der Waals surface area contributed by atoms with Crippen LogP contribution in [0.15, 0.2) is 55.0 Å². The molecule has 11 heteroatoms. The summed E-state index contributed by atoms with van der Waals surface area (Å²) in [5.74, 6) is 0.0931. The van der Waals surface area contributed by atoms with Crippen molar-refractivity contribution in [2.24, 2.45) is 0 Å². The second kappa shape index (κ2) is 8.07. The molecule has 0 spiro atoms. The molecule has 3 N–H and O–H groups in total. The zero-order valence-electron chi connectivity index (χ0n) is 18.9. The molecule has 5 aromatic rings. The molecule has 1 aliphatic rings. The lowest BCUT2D eigenvalue weighted by atomic mass is 10.1. The van der Waals surface area contributed by atoms with Crippen LogP contribution in [0.3, 0.4) is 0 Å². The highest BCUT2D eigenvalue weighted by Crippen LogP contribution is 2.34. The fourth-order valence-electron chi connectivity index (χ4n) is 4.66. The van der Waals surface area contributed by atoms with Gasteiger partial charge >= 0.3 is 0 Å². The summed E-state index contributed by atoms with van der Waals surface area (Å²) in [6, 6.07) is 11.8. The van der Waals surface area contributed by atoms with Gasteiger partial charge in [0, 0.05) is 71.7 Å². The number of pyridine rings is 2. The van der Waals surface area contributed by atoms with Crippen molar-refractivity contribution in [3.8, 4) is 28.3 Å². The Morgan fingerprint density at radius 1 is 0.971 bits per heavy atom. The number of nitrogens with one attached hydrogen (secondary N) is 2. The molecule has 1 saturated heterocycles. The molecular weight excluding hydrogens is 466 g/mol. The van der Waals surface area contributed by atoms with Crippen molar-refractivity contribution in [1.82, 2.24) is 29.5 Å². The lowest BCUT2D eigenvalue weighted by molar-refractivity contribution is 0.388. The minimum absolute atomic E-state index is 0.0931. The van der Waals surface area contributed by atoms with E-state index in [1.165, 1.54) is 16.8 Å². The Labute approximate surface area is 201 Å². The van der Waals surface area contributed by atoms with Crippen molar-refractivity contribution >= 4 is 37.6 Å². The minimum atomic E-state index is -3.18. The topological polar surface area (TPSA) is 131 Å². The Bertz CT molecular complexity index is 1670. The number of anilines is 1. The van der Waals surface area contributed by atoms with E-state index in [-0.39, 0.29) is 5.75 Å². The molecule has 1 aromatic carbocycles. The highest BCUT2D eigenvalue weighted by atomic mass is 32.2. The number of piperazine rings is 1. The molecule has 0 radical (unpaired) electrons. The number of hydrogen-bond acceptors (Lipinski definition) is 7. The molecule has 0 bridgehead atoms. The van der Waals surface area contributed by atoms with Crippen molar-refractivity contribution < 1.29 is 13.5 Å². The summed E-state index contributed by atoms with van der Waals surface area (Å²) in [6.45, 7) is 2.20. The van der Waals surface area contributed by atoms with Gasteiger partial charge < -0.3 is 15.0 Å². The van der Waals surface area contributed by atoms with Crippen molar-refractivity contribution in [3.63, 3.8) is 0 Å². The van der Waals surface area contributed by atoms with E-state index in [2.05, 4.69) is 42.2 Å². The largest absolute Gasteiger partial charge is 0.506 e. The lowest BCUT2D eigenvalue weighted by Crippen LogP contribution is -2.48. The number of benzene rings is 1. The highest BCUT2D eigenvalue weighted by Gasteiger charge is 2.25. The van der Waals surface area contributed by atoms with Crippen LogP contribution in [-0.4, -0.2) is 75.4 Å². The minimum Gasteiger partial charge on any atom is -0.506 e. The van der Waals surface area contributed by atoms with E-state index < -0.39 is 10.0 Å². The summed E-state index contributed by atoms with van der Waals surface area (Å²) in [7, 11) is -3.18. The predicted molar refractivity (Wildman–Crippen MR) is 135 cm³/mol. The van der Waals surface area contributed by atoms with Gasteiger partial charge in [-0.2, -0.15) is 9.40 Å². The monoisotopic (exact) mass is 489 g/mol. The van der Waals surface area contributed by atoms with Crippen LogP contribution in [0.5, 0.6) is 5.75 Å². The van der Waals surface area contributed by atoms with Crippen LogP contribution in [-0.2, 0) is 10.0 Å². The second-order valence-electron chi connectivity index (χ2n) is 8.70. The fourth-order valence-corrected chi connectivity index (χ4v) is 5.49. The molecule has 0 atom stereocenters. The molecule has 0 saturated carbocycles. The standard InChI is InChI=1S/C24H23N7O3S/c1-35(33,34)31-7-5-30(6-8-31)22-4-2-3-20-18(22)11-21(27-20)23-19-10-16(13-26-24(19)29-28-23)15-9-17(32)14-25-12-15/h2-4,9-14,27,32H,5-8H2,1H3,(H,26,28,29). The third kappa shape index (κ3) is 3.88. The maximum atomic E-state index is 11.9. The van der Waals surface area contributed by atoms with E-state index >= 15 is 0 Å². The number of aromatic amines is 2. The van der Waals surface area contributed by atoms with Crippen LogP contribution in [0, 0.1) is 0 Å². The van der Waals surface area contributed by atoms with Crippen LogP contribution in [0.2, 0.25) is 0 Å². The number of nitrogens with zero attached hydrogens (tertiary/aromatic N) is 5. The van der Waals surface area contributed by atoms with Gasteiger partial charge in [0.25, 0.3) is 0 Å². The molecule has 4 aromatic heterocycles. The van der Waals surface area contributed by atoms with Crippen LogP contribution >= 0.6 is 0 Å². The van der Waals surface area contributed by atoms with Gasteiger partial charge in [-0.3, -0.25) is 10.1 Å². The van der Waals surface area contributed by atoms with Crippen molar-refractivity contribution in [2.75, 3.05) is 37.3 Å². The van der Waals surface area contributed by atoms with Crippen LogP contribution in [0.25, 0.3) is 44.5 Å². The Hall–Kier alpha value is -3.96. The Kier molecular flexibility index (Phi) is 4.97. The molecule has 0 unspecified atom stereocenters. The smallest absolute Gasteiger partial charge is 0.211 e. The van der Waals surface area contributed by atoms with Gasteiger partial charge in [0.05, 0.1) is 23.8 Å². The number of fused-ring (bicyclic) bond motifs is 2. The Balaban J connectivity index is 1.38. The molecule has 35 heavy (non-hydrogen) atoms. The number of hydrogen-bond donors (Lipinski definition) is 3. The maximum Gasteiger partial charge on any atom is 0.211 e. The summed E-state index contributed by atoms with van der Waals surface area (Å²) in [6.07, 6.45) is 6.04. The first kappa shape index (κ1) is 21.6. The molecule has 0 aliphatic carbocycles. The molecule has 0 amide bonds. The first-order valence-corrected chi connectivity index (χ1v) is 13.0. The van der Waals surface area contributed by atoms with Gasteiger partial charge in [-0.05, 0) is 30.3 Å². The number of aromatic hydroxyl groups is 1. The van der Waals surface area contributed by atoms with Gasteiger partial charge in [0.2, 0.25) is 10.0 Å². The van der Waals surface area contributed by atoms with Gasteiger partial charge in [-0.25, -0.2) is 13.4 Å². The summed E-state index contributed by atoms with van der Waals surface area (Å²) in [5.41, 5.74) is 5.90. The Morgan fingerprint density at radius 2 is 1.77 bits per heavy atom. The van der Waals surface area contributed by atoms with Crippen LogP contribution in [0.4, 0.5) is 5.69 Å². The Morgan fingerprint density at radius 3 is 2.54 bits per heavy atom. The second-order valence-corrected chi connectivity index (χ2v) is 10.7. The van der Waals surface area contributed by atoms with Crippen LogP contribution in [0.1, 0.15) is 0 Å². The first-order chi connectivity index (χ1) is 16.9. The van der Waals surface area contributed by atoms with Crippen molar-refractivity contribution in [3.05, 3.63) is 55.0 Å². The summed E-state index contributed by atoms with van der Waals surface area (Å²) < 4.78 is 25.3. The summed E-state index contributed by atoms with van der Waals surface area (Å²) in [4.78, 5) is 14.2. The van der Waals surface area contributed by atoms with E-state index in [4.69, 9.17) is 0 Å². The molecule has 178 valence electrons. The highest BCUT2D eigenvalue weighted by molar-refractivity contribution is 7.88. The molecule has 1 aliphatic heterocycles. The zero-order valence-corrected chi connectivity index (χ0v) is 19.7. The molecular formula is C24H23N7O3S. The third-order valence-electron chi connectivity index (χ3n) is 6.43. The molecule has 1 fully saturated rings. The maximum absolute atomic E-state index is 11.9. The predicted octanol–water partition coefficient (Wildman–Crippen LogP) is 2.96. The van der Waals surface area contributed by atoms with E-state index in [0.717, 1.165) is 44.5 Å². The number of rotatable bonds is 4. The van der Waals surface area contributed by atoms with Gasteiger partial charge in [0.15, 0.2) is 5.65 Å². The average molecular weight is 490 g/mol. The van der Waals surface area contributed by atoms with E-state index in [1.54, 1.807) is 18.5 Å². The summed E-state index contributed by atoms with van der Waals surface area (Å²) >= 11 is 0. The number of aromatic nitrogens is 5. The molecule has 5 heterocycles. The number of H-pyrrole nitrogens is 2. The van der Waals surface area contributed by atoms with Crippen molar-refractivity contribution in [2.45, 2.75) is 0 Å². The van der Waals surface area contributed by atoms with Crippen molar-refractivity contribution in [1.29, 1.82) is 0 Å². The molecule has 10 nitrogen and oxygen atoms in total. The quantitative estimate of drug-likeness (QED) is 0.354. The van der Waals surface area contributed by atoms with Gasteiger partial charge in [0.1, 0.15) is 5.75 Å². The normalized spacial score (nSPS) is 15.3. The van der Waals surface area contributed by atoms with Gasteiger partial charge in [-0.1, -0.05) is 6.07 Å². The van der Waals surface area contributed by atoms with E-state index in [9.17, 15) is 13.5 Å². The first-order valence-electron chi connectivity index (χ1n) is 11.2. The average Bonchev–Trinajstić information content (AvgIpc) is 3.47. The van der Waals surface area contributed by atoms with E-state index in [0.29, 0.717) is 31.8 Å². The lowest BCUT2D eigenvalue weighted by Gasteiger charge is -2.35. The zero-order chi connectivity index (χ0) is 24.2. The van der Waals surface area contributed by atoms with Gasteiger partial charge in [-0.15, -0.1) is 0 Å². The number of sulfonamides is 1. The molecule has 6 rings (SSSR count). The fraction of sp³-hybridized carbons (Fsp3) is 0.208. The van der Waals surface area contributed by atoms with Crippen LogP contribution < -0.4 is 4.90 Å². The van der Waals surface area contributed by atoms with E-state index in [1.807, 2.05) is 18.2 Å². The summed E-state index contributed by atoms with van der Waals surface area (Å²) in [5, 5.41) is 19.2. The SMILES string of the molecule is CS(=O)(=O)N1CCN(c2cccc3[nH]c(-c4[nH]nc5ncc(-c6cncc(O)c6)cc45)cc23)CC1. The third-order valence-corrected chi connectivity index (χ3v) is 7.73.